The van der Waals surface area contributed by atoms with Gasteiger partial charge in [-0.1, -0.05) is 29.3 Å². The predicted molar refractivity (Wildman–Crippen MR) is 106 cm³/mol. The van der Waals surface area contributed by atoms with Crippen molar-refractivity contribution < 1.29 is 13.2 Å². The number of fused-ring (bicyclic) bond motifs is 1. The second-order valence-electron chi connectivity index (χ2n) is 6.64. The summed E-state index contributed by atoms with van der Waals surface area (Å²) in [4.78, 5) is 8.61. The maximum Gasteiger partial charge on any atom is 0.214 e. The number of aromatic nitrogens is 2. The molecule has 0 amide bonds. The molecule has 1 saturated heterocycles. The van der Waals surface area contributed by atoms with E-state index in [1.807, 2.05) is 26.0 Å². The molecule has 0 spiro atoms. The number of benzene rings is 1. The highest BCUT2D eigenvalue weighted by Crippen LogP contribution is 2.31. The quantitative estimate of drug-likeness (QED) is 0.683. The normalized spacial score (nSPS) is 16.9. The van der Waals surface area contributed by atoms with Crippen molar-refractivity contribution in [1.82, 2.24) is 14.3 Å². The first-order valence-corrected chi connectivity index (χ1v) is 11.4. The molecule has 1 aromatic carbocycles. The van der Waals surface area contributed by atoms with Crippen LogP contribution in [-0.4, -0.2) is 47.6 Å². The number of piperidine rings is 1. The molecule has 26 heavy (non-hydrogen) atoms. The van der Waals surface area contributed by atoms with Crippen LogP contribution in [0.3, 0.4) is 0 Å². The van der Waals surface area contributed by atoms with Crippen LogP contribution in [0.2, 0.25) is 0 Å². The van der Waals surface area contributed by atoms with E-state index in [0.717, 1.165) is 27.5 Å². The molecular weight excluding hydrogens is 418 g/mol. The standard InChI is InChI=1S/C18H24BrN3O3S/c1-3-4-9-26(23,24)22-7-5-15(6-8-22)25-17-11-14(19)10-16-13(2)20-12-21-18(16)17/h10-12,15H,3-9H2,1-2H3. The molecule has 0 bridgehead atoms. The Morgan fingerprint density at radius 1 is 1.27 bits per heavy atom. The number of halogens is 1. The van der Waals surface area contributed by atoms with Crippen LogP contribution in [0, 0.1) is 6.92 Å². The van der Waals surface area contributed by atoms with Gasteiger partial charge in [-0.05, 0) is 38.3 Å². The van der Waals surface area contributed by atoms with Crippen molar-refractivity contribution in [3.05, 3.63) is 28.6 Å². The first-order valence-electron chi connectivity index (χ1n) is 8.96. The monoisotopic (exact) mass is 441 g/mol. The summed E-state index contributed by atoms with van der Waals surface area (Å²) in [5.41, 5.74) is 1.69. The van der Waals surface area contributed by atoms with Gasteiger partial charge in [0.05, 0.1) is 5.75 Å². The lowest BCUT2D eigenvalue weighted by Crippen LogP contribution is -2.42. The Labute approximate surface area is 163 Å². The Hall–Kier alpha value is -1.25. The molecule has 1 aliphatic heterocycles. The minimum Gasteiger partial charge on any atom is -0.488 e. The molecule has 0 atom stereocenters. The van der Waals surface area contributed by atoms with E-state index in [1.165, 1.54) is 0 Å². The van der Waals surface area contributed by atoms with Crippen LogP contribution >= 0.6 is 15.9 Å². The third-order valence-electron chi connectivity index (χ3n) is 4.71. The molecule has 2 aromatic rings. The number of hydrogen-bond acceptors (Lipinski definition) is 5. The van der Waals surface area contributed by atoms with Gasteiger partial charge in [-0.15, -0.1) is 0 Å². The summed E-state index contributed by atoms with van der Waals surface area (Å²) in [6, 6.07) is 3.90. The average Bonchev–Trinajstić information content (AvgIpc) is 2.61. The van der Waals surface area contributed by atoms with Crippen molar-refractivity contribution in [1.29, 1.82) is 0 Å². The molecule has 0 aliphatic carbocycles. The molecule has 1 fully saturated rings. The van der Waals surface area contributed by atoms with Crippen LogP contribution in [-0.2, 0) is 10.0 Å². The second-order valence-corrected chi connectivity index (χ2v) is 9.65. The second kappa shape index (κ2) is 8.19. The lowest BCUT2D eigenvalue weighted by Gasteiger charge is -2.31. The Bertz CT molecular complexity index is 881. The fraction of sp³-hybridized carbons (Fsp3) is 0.556. The third kappa shape index (κ3) is 4.35. The number of aryl methyl sites for hydroxylation is 1. The number of nitrogens with zero attached hydrogens (tertiary/aromatic N) is 3. The van der Waals surface area contributed by atoms with Gasteiger partial charge in [0, 0.05) is 28.6 Å². The number of sulfonamides is 1. The maximum absolute atomic E-state index is 12.3. The van der Waals surface area contributed by atoms with E-state index in [2.05, 4.69) is 25.9 Å². The van der Waals surface area contributed by atoms with Gasteiger partial charge in [-0.25, -0.2) is 22.7 Å². The molecule has 8 heteroatoms. The van der Waals surface area contributed by atoms with Crippen LogP contribution in [0.15, 0.2) is 22.9 Å². The van der Waals surface area contributed by atoms with Crippen molar-refractivity contribution in [2.75, 3.05) is 18.8 Å². The van der Waals surface area contributed by atoms with Gasteiger partial charge in [-0.3, -0.25) is 0 Å². The van der Waals surface area contributed by atoms with Crippen molar-refractivity contribution in [2.45, 2.75) is 45.6 Å². The highest BCUT2D eigenvalue weighted by molar-refractivity contribution is 9.10. The van der Waals surface area contributed by atoms with Gasteiger partial charge in [-0.2, -0.15) is 0 Å². The lowest BCUT2D eigenvalue weighted by atomic mass is 10.1. The van der Waals surface area contributed by atoms with Gasteiger partial charge in [0.25, 0.3) is 0 Å². The van der Waals surface area contributed by atoms with E-state index in [0.29, 0.717) is 38.1 Å². The first kappa shape index (κ1) is 19.5. The van der Waals surface area contributed by atoms with E-state index in [-0.39, 0.29) is 11.9 Å². The van der Waals surface area contributed by atoms with Crippen LogP contribution < -0.4 is 4.74 Å². The molecule has 2 heterocycles. The minimum atomic E-state index is -3.14. The van der Waals surface area contributed by atoms with E-state index in [9.17, 15) is 8.42 Å². The van der Waals surface area contributed by atoms with Crippen LogP contribution in [0.1, 0.15) is 38.3 Å². The van der Waals surface area contributed by atoms with Gasteiger partial charge in [0.2, 0.25) is 10.0 Å². The van der Waals surface area contributed by atoms with Crippen LogP contribution in [0.5, 0.6) is 5.75 Å². The summed E-state index contributed by atoms with van der Waals surface area (Å²) in [6.45, 7) is 4.97. The van der Waals surface area contributed by atoms with Gasteiger partial charge in [0.1, 0.15) is 23.7 Å². The Kier molecular flexibility index (Phi) is 6.14. The molecule has 1 aromatic heterocycles. The number of ether oxygens (including phenoxy) is 1. The summed E-state index contributed by atoms with van der Waals surface area (Å²) in [6.07, 6.45) is 4.49. The third-order valence-corrected chi connectivity index (χ3v) is 7.13. The molecule has 0 unspecified atom stereocenters. The minimum absolute atomic E-state index is 0.0135. The molecule has 0 radical (unpaired) electrons. The van der Waals surface area contributed by atoms with E-state index in [4.69, 9.17) is 4.74 Å². The fourth-order valence-electron chi connectivity index (χ4n) is 3.18. The smallest absolute Gasteiger partial charge is 0.214 e. The number of hydrogen-bond donors (Lipinski definition) is 0. The molecule has 0 saturated carbocycles. The molecule has 6 nitrogen and oxygen atoms in total. The molecular formula is C18H24BrN3O3S. The highest BCUT2D eigenvalue weighted by atomic mass is 79.9. The fourth-order valence-corrected chi connectivity index (χ4v) is 5.29. The van der Waals surface area contributed by atoms with Crippen molar-refractivity contribution in [3.8, 4) is 5.75 Å². The topological polar surface area (TPSA) is 72.4 Å². The lowest BCUT2D eigenvalue weighted by molar-refractivity contribution is 0.136. The molecule has 142 valence electrons. The largest absolute Gasteiger partial charge is 0.488 e. The first-order chi connectivity index (χ1) is 12.4. The Morgan fingerprint density at radius 2 is 2.00 bits per heavy atom. The van der Waals surface area contributed by atoms with Crippen LogP contribution in [0.4, 0.5) is 0 Å². The summed E-state index contributed by atoms with van der Waals surface area (Å²) >= 11 is 3.52. The van der Waals surface area contributed by atoms with Crippen molar-refractivity contribution in [2.24, 2.45) is 0 Å². The SMILES string of the molecule is CCCCS(=O)(=O)N1CCC(Oc2cc(Br)cc3c(C)ncnc23)CC1. The highest BCUT2D eigenvalue weighted by Gasteiger charge is 2.28. The number of unbranched alkanes of at least 4 members (excludes halogenated alkanes) is 1. The summed E-state index contributed by atoms with van der Waals surface area (Å²) in [5, 5.41) is 0.955. The Balaban J connectivity index is 1.71. The summed E-state index contributed by atoms with van der Waals surface area (Å²) in [7, 11) is -3.14. The molecule has 3 rings (SSSR count). The molecule has 1 aliphatic rings. The zero-order valence-electron chi connectivity index (χ0n) is 15.1. The summed E-state index contributed by atoms with van der Waals surface area (Å²) in [5.74, 6) is 0.953. The summed E-state index contributed by atoms with van der Waals surface area (Å²) < 4.78 is 33.4. The Morgan fingerprint density at radius 3 is 2.69 bits per heavy atom. The van der Waals surface area contributed by atoms with E-state index in [1.54, 1.807) is 10.6 Å². The van der Waals surface area contributed by atoms with Gasteiger partial charge >= 0.3 is 0 Å². The molecule has 0 N–H and O–H groups in total. The van der Waals surface area contributed by atoms with Gasteiger partial charge in [0.15, 0.2) is 0 Å². The van der Waals surface area contributed by atoms with Crippen molar-refractivity contribution in [3.63, 3.8) is 0 Å². The van der Waals surface area contributed by atoms with Crippen molar-refractivity contribution >= 4 is 36.9 Å². The van der Waals surface area contributed by atoms with Gasteiger partial charge < -0.3 is 4.74 Å². The van der Waals surface area contributed by atoms with Crippen LogP contribution in [0.25, 0.3) is 10.9 Å². The predicted octanol–water partition coefficient (Wildman–Crippen LogP) is 3.67. The average molecular weight is 442 g/mol. The zero-order chi connectivity index (χ0) is 18.7. The van der Waals surface area contributed by atoms with E-state index < -0.39 is 10.0 Å². The number of rotatable bonds is 6. The zero-order valence-corrected chi connectivity index (χ0v) is 17.5. The maximum atomic E-state index is 12.3. The van der Waals surface area contributed by atoms with E-state index >= 15 is 0 Å².